The molecule has 8 heteroatoms. The highest BCUT2D eigenvalue weighted by Gasteiger charge is 2.40. The fourth-order valence-electron chi connectivity index (χ4n) is 4.27. The Hall–Kier alpha value is -3.55. The molecule has 6 nitrogen and oxygen atoms in total. The van der Waals surface area contributed by atoms with Gasteiger partial charge in [0.1, 0.15) is 11.6 Å². The summed E-state index contributed by atoms with van der Waals surface area (Å²) in [6.45, 7) is -0.191. The number of carbonyl (C=O) groups excluding carboxylic acids is 2. The van der Waals surface area contributed by atoms with Gasteiger partial charge in [0.2, 0.25) is 5.91 Å². The van der Waals surface area contributed by atoms with Gasteiger partial charge in [-0.3, -0.25) is 9.59 Å². The first-order valence-corrected chi connectivity index (χ1v) is 10.5. The van der Waals surface area contributed by atoms with Crippen LogP contribution < -0.4 is 10.6 Å². The van der Waals surface area contributed by atoms with Crippen LogP contribution in [0.3, 0.4) is 0 Å². The molecular formula is C24H23F2N3O3. The second-order valence-corrected chi connectivity index (χ2v) is 7.99. The number of amides is 2. The van der Waals surface area contributed by atoms with Crippen molar-refractivity contribution in [3.63, 3.8) is 0 Å². The normalized spacial score (nSPS) is 14.8. The summed E-state index contributed by atoms with van der Waals surface area (Å²) in [4.78, 5) is 24.7. The van der Waals surface area contributed by atoms with Crippen molar-refractivity contribution in [3.05, 3.63) is 77.5 Å². The van der Waals surface area contributed by atoms with Gasteiger partial charge in [-0.05, 0) is 25.0 Å². The summed E-state index contributed by atoms with van der Waals surface area (Å²) in [5, 5.41) is 8.97. The van der Waals surface area contributed by atoms with Gasteiger partial charge < -0.3 is 15.2 Å². The highest BCUT2D eigenvalue weighted by Crippen LogP contribution is 2.42. The molecule has 166 valence electrons. The lowest BCUT2D eigenvalue weighted by molar-refractivity contribution is -0.120. The van der Waals surface area contributed by atoms with Gasteiger partial charge in [-0.25, -0.2) is 8.78 Å². The average molecular weight is 439 g/mol. The summed E-state index contributed by atoms with van der Waals surface area (Å²) >= 11 is 0. The van der Waals surface area contributed by atoms with Gasteiger partial charge in [0.15, 0.2) is 11.5 Å². The molecule has 0 atom stereocenters. The molecule has 2 N–H and O–H groups in total. The van der Waals surface area contributed by atoms with E-state index in [1.54, 1.807) is 0 Å². The third kappa shape index (κ3) is 4.54. The lowest BCUT2D eigenvalue weighted by Gasteiger charge is -2.30. The Balaban J connectivity index is 1.35. The maximum atomic E-state index is 14.4. The molecule has 1 aromatic heterocycles. The first-order valence-electron chi connectivity index (χ1n) is 10.5. The Bertz CT molecular complexity index is 1090. The number of rotatable bonds is 7. The maximum absolute atomic E-state index is 14.4. The van der Waals surface area contributed by atoms with E-state index in [0.29, 0.717) is 18.6 Å². The van der Waals surface area contributed by atoms with E-state index >= 15 is 0 Å². The van der Waals surface area contributed by atoms with Gasteiger partial charge in [0.25, 0.3) is 5.91 Å². The van der Waals surface area contributed by atoms with Gasteiger partial charge in [0.05, 0.1) is 6.54 Å². The van der Waals surface area contributed by atoms with Crippen LogP contribution in [0.2, 0.25) is 0 Å². The molecule has 1 heterocycles. The van der Waals surface area contributed by atoms with E-state index in [0.717, 1.165) is 18.4 Å². The molecule has 1 saturated carbocycles. The Labute approximate surface area is 184 Å². The Morgan fingerprint density at radius 3 is 2.34 bits per heavy atom. The minimum Gasteiger partial charge on any atom is -0.355 e. The molecule has 4 rings (SSSR count). The SMILES string of the molecule is O=C(CNC(=O)c1cc(-c2ccccc2)on1)NCC1(c2c(F)cccc2F)CCCC1. The lowest BCUT2D eigenvalue weighted by atomic mass is 9.78. The van der Waals surface area contributed by atoms with E-state index in [-0.39, 0.29) is 24.3 Å². The summed E-state index contributed by atoms with van der Waals surface area (Å²) in [5.41, 5.74) is 0.0699. The first-order chi connectivity index (χ1) is 15.5. The molecular weight excluding hydrogens is 416 g/mol. The van der Waals surface area contributed by atoms with Crippen molar-refractivity contribution in [2.24, 2.45) is 0 Å². The van der Waals surface area contributed by atoms with E-state index in [4.69, 9.17) is 4.52 Å². The largest absolute Gasteiger partial charge is 0.355 e. The number of nitrogens with one attached hydrogen (secondary N) is 2. The predicted molar refractivity (Wildman–Crippen MR) is 114 cm³/mol. The molecule has 0 spiro atoms. The summed E-state index contributed by atoms with van der Waals surface area (Å²) < 4.78 is 34.0. The zero-order chi connectivity index (χ0) is 22.6. The van der Waals surface area contributed by atoms with Crippen LogP contribution in [0.1, 0.15) is 41.7 Å². The van der Waals surface area contributed by atoms with E-state index in [2.05, 4.69) is 15.8 Å². The fraction of sp³-hybridized carbons (Fsp3) is 0.292. The summed E-state index contributed by atoms with van der Waals surface area (Å²) in [5.74, 6) is -1.77. The van der Waals surface area contributed by atoms with Crippen molar-refractivity contribution in [2.75, 3.05) is 13.1 Å². The summed E-state index contributed by atoms with van der Waals surface area (Å²) in [7, 11) is 0. The van der Waals surface area contributed by atoms with Crippen molar-refractivity contribution >= 4 is 11.8 Å². The van der Waals surface area contributed by atoms with E-state index < -0.39 is 28.9 Å². The van der Waals surface area contributed by atoms with Gasteiger partial charge in [-0.2, -0.15) is 0 Å². The Morgan fingerprint density at radius 1 is 0.969 bits per heavy atom. The van der Waals surface area contributed by atoms with Gasteiger partial charge in [-0.15, -0.1) is 0 Å². The zero-order valence-corrected chi connectivity index (χ0v) is 17.4. The van der Waals surface area contributed by atoms with Gasteiger partial charge in [0, 0.05) is 29.2 Å². The van der Waals surface area contributed by atoms with E-state index in [1.165, 1.54) is 24.3 Å². The molecule has 1 aliphatic carbocycles. The number of halogens is 2. The fourth-order valence-corrected chi connectivity index (χ4v) is 4.27. The van der Waals surface area contributed by atoms with E-state index in [1.807, 2.05) is 30.3 Å². The molecule has 0 unspecified atom stereocenters. The number of carbonyl (C=O) groups is 2. The molecule has 32 heavy (non-hydrogen) atoms. The molecule has 0 radical (unpaired) electrons. The second kappa shape index (κ2) is 9.30. The highest BCUT2D eigenvalue weighted by molar-refractivity contribution is 5.95. The maximum Gasteiger partial charge on any atom is 0.273 e. The quantitative estimate of drug-likeness (QED) is 0.583. The Morgan fingerprint density at radius 2 is 1.66 bits per heavy atom. The number of hydrogen-bond donors (Lipinski definition) is 2. The number of benzene rings is 2. The van der Waals surface area contributed by atoms with Crippen LogP contribution in [-0.2, 0) is 10.2 Å². The minimum absolute atomic E-state index is 0.0258. The molecule has 3 aromatic rings. The van der Waals surface area contributed by atoms with Crippen molar-refractivity contribution < 1.29 is 22.9 Å². The summed E-state index contributed by atoms with van der Waals surface area (Å²) in [6, 6.07) is 14.5. The van der Waals surface area contributed by atoms with Crippen LogP contribution in [-0.4, -0.2) is 30.1 Å². The van der Waals surface area contributed by atoms with Crippen molar-refractivity contribution in [2.45, 2.75) is 31.1 Å². The van der Waals surface area contributed by atoms with E-state index in [9.17, 15) is 18.4 Å². The number of hydrogen-bond acceptors (Lipinski definition) is 4. The molecule has 0 aliphatic heterocycles. The lowest BCUT2D eigenvalue weighted by Crippen LogP contribution is -2.44. The van der Waals surface area contributed by atoms with Crippen molar-refractivity contribution in [1.29, 1.82) is 0 Å². The van der Waals surface area contributed by atoms with Crippen LogP contribution >= 0.6 is 0 Å². The highest BCUT2D eigenvalue weighted by atomic mass is 19.1. The predicted octanol–water partition coefficient (Wildman–Crippen LogP) is 3.98. The molecule has 2 amide bonds. The van der Waals surface area contributed by atoms with Crippen LogP contribution in [0.5, 0.6) is 0 Å². The smallest absolute Gasteiger partial charge is 0.273 e. The molecule has 0 bridgehead atoms. The third-order valence-electron chi connectivity index (χ3n) is 5.89. The Kier molecular flexibility index (Phi) is 6.30. The van der Waals surface area contributed by atoms with Gasteiger partial charge in [-0.1, -0.05) is 54.4 Å². The van der Waals surface area contributed by atoms with Crippen molar-refractivity contribution in [3.8, 4) is 11.3 Å². The summed E-state index contributed by atoms with van der Waals surface area (Å²) in [6.07, 6.45) is 2.82. The number of aromatic nitrogens is 1. The zero-order valence-electron chi connectivity index (χ0n) is 17.4. The molecule has 1 fully saturated rings. The topological polar surface area (TPSA) is 84.2 Å². The van der Waals surface area contributed by atoms with Crippen LogP contribution in [0, 0.1) is 11.6 Å². The average Bonchev–Trinajstić information content (AvgIpc) is 3.47. The molecule has 0 saturated heterocycles. The minimum atomic E-state index is -0.786. The monoisotopic (exact) mass is 439 g/mol. The molecule has 1 aliphatic rings. The second-order valence-electron chi connectivity index (χ2n) is 7.99. The van der Waals surface area contributed by atoms with Crippen LogP contribution in [0.15, 0.2) is 59.1 Å². The van der Waals surface area contributed by atoms with Gasteiger partial charge >= 0.3 is 0 Å². The third-order valence-corrected chi connectivity index (χ3v) is 5.89. The molecule has 2 aromatic carbocycles. The first kappa shape index (κ1) is 21.7. The van der Waals surface area contributed by atoms with Crippen LogP contribution in [0.4, 0.5) is 8.78 Å². The van der Waals surface area contributed by atoms with Crippen molar-refractivity contribution in [1.82, 2.24) is 15.8 Å². The standard InChI is InChI=1S/C24H23F2N3O3/c25-17-9-6-10-18(26)22(17)24(11-4-5-12-24)15-28-21(30)14-27-23(31)19-13-20(32-29-19)16-7-2-1-3-8-16/h1-3,6-10,13H,4-5,11-12,14-15H2,(H,27,31)(H,28,30). The van der Waals surface area contributed by atoms with Crippen LogP contribution in [0.25, 0.3) is 11.3 Å². The number of nitrogens with zero attached hydrogens (tertiary/aromatic N) is 1.